The second-order valence-electron chi connectivity index (χ2n) is 7.12. The molecule has 0 aliphatic rings. The Hall–Kier alpha value is -2.92. The lowest BCUT2D eigenvalue weighted by atomic mass is 9.90. The first kappa shape index (κ1) is 20.8. The predicted molar refractivity (Wildman–Crippen MR) is 116 cm³/mol. The summed E-state index contributed by atoms with van der Waals surface area (Å²) >= 11 is 0. The number of rotatable bonds is 7. The minimum atomic E-state index is -0.508. The molecule has 0 fully saturated rings. The number of hydrogen-bond acceptors (Lipinski definition) is 5. The summed E-state index contributed by atoms with van der Waals surface area (Å²) in [6.45, 7) is 3.81. The van der Waals surface area contributed by atoms with Crippen molar-refractivity contribution in [1.82, 2.24) is 0 Å². The molecule has 0 heterocycles. The molecule has 0 saturated heterocycles. The number of benzene rings is 3. The van der Waals surface area contributed by atoms with Gasteiger partial charge in [-0.15, -0.1) is 0 Å². The molecule has 0 aromatic heterocycles. The van der Waals surface area contributed by atoms with E-state index in [2.05, 4.69) is 6.07 Å². The predicted octanol–water partition coefficient (Wildman–Crippen LogP) is 4.77. The summed E-state index contributed by atoms with van der Waals surface area (Å²) in [5.41, 5.74) is 3.93. The zero-order valence-corrected chi connectivity index (χ0v) is 17.8. The van der Waals surface area contributed by atoms with E-state index in [0.29, 0.717) is 17.9 Å². The molecule has 1 atom stereocenters. The number of methoxy groups -OCH3 is 4. The fraction of sp³-hybridized carbons (Fsp3) is 0.333. The summed E-state index contributed by atoms with van der Waals surface area (Å²) in [4.78, 5) is 0. The van der Waals surface area contributed by atoms with Crippen LogP contribution in [0.5, 0.6) is 23.0 Å². The molecular weight excluding hydrogens is 368 g/mol. The maximum absolute atomic E-state index is 10.1. The Morgan fingerprint density at radius 3 is 2.10 bits per heavy atom. The van der Waals surface area contributed by atoms with Gasteiger partial charge in [-0.3, -0.25) is 0 Å². The van der Waals surface area contributed by atoms with Gasteiger partial charge in [0, 0.05) is 11.6 Å². The molecule has 5 nitrogen and oxygen atoms in total. The Morgan fingerprint density at radius 1 is 0.828 bits per heavy atom. The number of ether oxygens (including phenoxy) is 4. The molecule has 0 amide bonds. The topological polar surface area (TPSA) is 57.2 Å². The van der Waals surface area contributed by atoms with E-state index >= 15 is 0 Å². The molecule has 3 rings (SSSR count). The van der Waals surface area contributed by atoms with Crippen molar-refractivity contribution in [1.29, 1.82) is 0 Å². The van der Waals surface area contributed by atoms with Gasteiger partial charge in [0.25, 0.3) is 0 Å². The minimum absolute atomic E-state index is 0.472. The van der Waals surface area contributed by atoms with E-state index in [1.165, 1.54) is 0 Å². The van der Waals surface area contributed by atoms with Crippen LogP contribution in [-0.2, 0) is 6.42 Å². The molecule has 5 heteroatoms. The van der Waals surface area contributed by atoms with Gasteiger partial charge >= 0.3 is 0 Å². The van der Waals surface area contributed by atoms with E-state index < -0.39 is 6.10 Å². The Kier molecular flexibility index (Phi) is 6.18. The maximum Gasteiger partial charge on any atom is 0.130 e. The quantitative estimate of drug-likeness (QED) is 0.623. The molecule has 0 aliphatic heterocycles. The zero-order valence-electron chi connectivity index (χ0n) is 17.8. The molecule has 29 heavy (non-hydrogen) atoms. The number of hydrogen-bond donors (Lipinski definition) is 1. The van der Waals surface area contributed by atoms with Crippen LogP contribution in [0.4, 0.5) is 0 Å². The van der Waals surface area contributed by atoms with Gasteiger partial charge in [0.05, 0.1) is 39.9 Å². The highest BCUT2D eigenvalue weighted by Gasteiger charge is 2.20. The van der Waals surface area contributed by atoms with Gasteiger partial charge in [-0.1, -0.05) is 6.07 Å². The van der Waals surface area contributed by atoms with E-state index in [-0.39, 0.29) is 0 Å². The molecule has 0 radical (unpaired) electrons. The first-order valence-electron chi connectivity index (χ1n) is 9.52. The van der Waals surface area contributed by atoms with Crippen LogP contribution in [0.2, 0.25) is 0 Å². The van der Waals surface area contributed by atoms with Crippen LogP contribution in [0.3, 0.4) is 0 Å². The van der Waals surface area contributed by atoms with Gasteiger partial charge < -0.3 is 24.1 Å². The van der Waals surface area contributed by atoms with Crippen molar-refractivity contribution in [3.63, 3.8) is 0 Å². The van der Waals surface area contributed by atoms with Crippen LogP contribution < -0.4 is 18.9 Å². The molecule has 3 aromatic rings. The van der Waals surface area contributed by atoms with Crippen LogP contribution in [0.1, 0.15) is 18.1 Å². The maximum atomic E-state index is 10.1. The lowest BCUT2D eigenvalue weighted by molar-refractivity contribution is 0.195. The summed E-state index contributed by atoms with van der Waals surface area (Å²) in [7, 11) is 6.58. The second-order valence-corrected chi connectivity index (χ2v) is 7.12. The summed E-state index contributed by atoms with van der Waals surface area (Å²) in [5.74, 6) is 2.87. The van der Waals surface area contributed by atoms with E-state index in [4.69, 9.17) is 18.9 Å². The molecule has 0 aliphatic carbocycles. The van der Waals surface area contributed by atoms with Crippen LogP contribution in [0.15, 0.2) is 36.4 Å². The van der Waals surface area contributed by atoms with Gasteiger partial charge in [0.15, 0.2) is 0 Å². The van der Waals surface area contributed by atoms with Gasteiger partial charge in [-0.05, 0) is 66.6 Å². The second kappa shape index (κ2) is 8.62. The van der Waals surface area contributed by atoms with Crippen molar-refractivity contribution in [2.24, 2.45) is 0 Å². The highest BCUT2D eigenvalue weighted by atomic mass is 16.5. The van der Waals surface area contributed by atoms with Crippen molar-refractivity contribution < 1.29 is 24.1 Å². The van der Waals surface area contributed by atoms with E-state index in [0.717, 1.165) is 44.5 Å². The third-order valence-electron chi connectivity index (χ3n) is 5.02. The zero-order chi connectivity index (χ0) is 21.1. The highest BCUT2D eigenvalue weighted by Crippen LogP contribution is 2.45. The molecule has 0 bridgehead atoms. The van der Waals surface area contributed by atoms with Gasteiger partial charge in [0.2, 0.25) is 0 Å². The normalized spacial score (nSPS) is 12.0. The van der Waals surface area contributed by atoms with Crippen molar-refractivity contribution in [3.05, 3.63) is 47.5 Å². The minimum Gasteiger partial charge on any atom is -0.497 e. The summed E-state index contributed by atoms with van der Waals surface area (Å²) in [5, 5.41) is 12.0. The number of aliphatic hydroxyl groups is 1. The number of aryl methyl sites for hydroxylation is 1. The Labute approximate surface area is 171 Å². The average molecular weight is 396 g/mol. The fourth-order valence-electron chi connectivity index (χ4n) is 3.81. The van der Waals surface area contributed by atoms with Crippen molar-refractivity contribution in [2.75, 3.05) is 28.4 Å². The summed E-state index contributed by atoms with van der Waals surface area (Å²) in [6, 6.07) is 11.9. The SMILES string of the molecule is COc1cc(C[C@H](C)O)c(-c2ccc(OC)c3c(OC)cc(C)cc23)c(OC)c1. The summed E-state index contributed by atoms with van der Waals surface area (Å²) in [6.07, 6.45) is -0.0364. The van der Waals surface area contributed by atoms with Crippen LogP contribution in [0.25, 0.3) is 21.9 Å². The van der Waals surface area contributed by atoms with E-state index in [1.54, 1.807) is 35.4 Å². The molecule has 0 unspecified atom stereocenters. The van der Waals surface area contributed by atoms with Gasteiger partial charge in [-0.2, -0.15) is 0 Å². The molecule has 154 valence electrons. The monoisotopic (exact) mass is 396 g/mol. The third kappa shape index (κ3) is 3.96. The van der Waals surface area contributed by atoms with Crippen LogP contribution >= 0.6 is 0 Å². The Bertz CT molecular complexity index is 1020. The van der Waals surface area contributed by atoms with Gasteiger partial charge in [-0.25, -0.2) is 0 Å². The van der Waals surface area contributed by atoms with Crippen molar-refractivity contribution in [2.45, 2.75) is 26.4 Å². The molecule has 3 aromatic carbocycles. The molecule has 0 spiro atoms. The summed E-state index contributed by atoms with van der Waals surface area (Å²) < 4.78 is 22.5. The lowest BCUT2D eigenvalue weighted by Gasteiger charge is -2.20. The number of fused-ring (bicyclic) bond motifs is 1. The van der Waals surface area contributed by atoms with Crippen molar-refractivity contribution >= 4 is 10.8 Å². The Balaban J connectivity index is 2.43. The molecule has 1 N–H and O–H groups in total. The Morgan fingerprint density at radius 2 is 1.52 bits per heavy atom. The van der Waals surface area contributed by atoms with Crippen LogP contribution in [-0.4, -0.2) is 39.6 Å². The first-order valence-corrected chi connectivity index (χ1v) is 9.52. The van der Waals surface area contributed by atoms with Gasteiger partial charge in [0.1, 0.15) is 23.0 Å². The average Bonchev–Trinajstić information content (AvgIpc) is 2.71. The smallest absolute Gasteiger partial charge is 0.130 e. The lowest BCUT2D eigenvalue weighted by Crippen LogP contribution is -2.07. The van der Waals surface area contributed by atoms with E-state index in [1.807, 2.05) is 37.3 Å². The largest absolute Gasteiger partial charge is 0.497 e. The first-order chi connectivity index (χ1) is 13.9. The molecule has 0 saturated carbocycles. The standard InChI is InChI=1S/C24H28O5/c1-14-9-19-18(7-8-20(27-4)24(19)21(10-14)28-5)23-16(11-15(2)25)12-17(26-3)13-22(23)29-6/h7-10,12-13,15,25H,11H2,1-6H3/t15-/m0/s1. The van der Waals surface area contributed by atoms with Crippen molar-refractivity contribution in [3.8, 4) is 34.1 Å². The third-order valence-corrected chi connectivity index (χ3v) is 5.02. The highest BCUT2D eigenvalue weighted by molar-refractivity contribution is 6.05. The van der Waals surface area contributed by atoms with Crippen LogP contribution in [0, 0.1) is 6.92 Å². The number of aliphatic hydroxyl groups excluding tert-OH is 1. The van der Waals surface area contributed by atoms with E-state index in [9.17, 15) is 5.11 Å². The fourth-order valence-corrected chi connectivity index (χ4v) is 3.81. The molecular formula is C24H28O5.